The molecule has 7 heteroatoms. The Morgan fingerprint density at radius 2 is 0.894 bits per heavy atom. The lowest BCUT2D eigenvalue weighted by molar-refractivity contribution is 0.0496. The summed E-state index contributed by atoms with van der Waals surface area (Å²) >= 11 is 0. The summed E-state index contributed by atoms with van der Waals surface area (Å²) in [4.78, 5) is 0. The summed E-state index contributed by atoms with van der Waals surface area (Å²) < 4.78 is 21.3. The highest BCUT2D eigenvalue weighted by Crippen LogP contribution is 2.32. The zero-order valence-corrected chi connectivity index (χ0v) is 27.7. The van der Waals surface area contributed by atoms with E-state index in [0.717, 1.165) is 48.0 Å². The smallest absolute Gasteiger partial charge is 0.361 e. The fourth-order valence-electron chi connectivity index (χ4n) is 7.11. The van der Waals surface area contributed by atoms with Crippen LogP contribution in [0, 0.1) is 0 Å². The summed E-state index contributed by atoms with van der Waals surface area (Å²) in [5.74, 6) is 0. The average molecular weight is 628 g/mol. The molecular weight excluding hydrogens is 578 g/mol. The maximum Gasteiger partial charge on any atom is 0.361 e. The van der Waals surface area contributed by atoms with E-state index in [0.29, 0.717) is 25.3 Å². The van der Waals surface area contributed by atoms with Crippen molar-refractivity contribution in [3.8, 4) is 0 Å². The summed E-state index contributed by atoms with van der Waals surface area (Å²) in [6, 6.07) is 42.7. The first-order valence-electron chi connectivity index (χ1n) is 17.9. The molecule has 4 aromatic carbocycles. The van der Waals surface area contributed by atoms with Gasteiger partial charge in [-0.25, -0.2) is 0 Å². The van der Waals surface area contributed by atoms with Crippen LogP contribution in [-0.2, 0) is 14.0 Å². The van der Waals surface area contributed by atoms with Crippen molar-refractivity contribution >= 4 is 24.8 Å². The van der Waals surface area contributed by atoms with Crippen molar-refractivity contribution in [1.82, 2.24) is 10.6 Å². The maximum atomic E-state index is 7.46. The van der Waals surface area contributed by atoms with Crippen LogP contribution >= 0.6 is 0 Å². The Hall–Kier alpha value is -3.19. The summed E-state index contributed by atoms with van der Waals surface area (Å²) in [6.07, 6.45) is 9.47. The van der Waals surface area contributed by atoms with Crippen molar-refractivity contribution in [3.63, 3.8) is 0 Å². The third kappa shape index (κ3) is 9.91. The summed E-state index contributed by atoms with van der Waals surface area (Å²) in [5, 5.41) is 7.38. The molecule has 0 amide bonds. The largest absolute Gasteiger partial charge is 0.429 e. The predicted octanol–water partition coefficient (Wildman–Crippen LogP) is 6.46. The van der Waals surface area contributed by atoms with E-state index in [9.17, 15) is 0 Å². The monoisotopic (exact) mass is 628 g/mol. The Morgan fingerprint density at radius 1 is 0.511 bits per heavy atom. The Bertz CT molecular complexity index is 1300. The summed E-state index contributed by atoms with van der Waals surface area (Å²) in [6.45, 7) is 2.92. The van der Waals surface area contributed by atoms with Crippen LogP contribution in [0.15, 0.2) is 121 Å². The molecule has 2 N–H and O–H groups in total. The number of hydrogen-bond donors (Lipinski definition) is 2. The molecule has 0 saturated carbocycles. The standard InChI is InChI=1S/C40H50B2N2O3/c1-5-17-33(18-6-1)39(41(35-21-9-3-10-22-35)45-31-27-37-25-13-15-29-43-37)47-40(34-19-7-2-8-20-34)42(36-23-11-4-12-24-36)46-32-28-38-26-14-16-30-44-38/h1-12,17-24,37-40,43-44H,13-16,25-32H2. The molecule has 0 bridgehead atoms. The molecule has 2 fully saturated rings. The number of nitrogens with one attached hydrogen (secondary N) is 2. The van der Waals surface area contributed by atoms with Gasteiger partial charge in [0.1, 0.15) is 0 Å². The van der Waals surface area contributed by atoms with Crippen LogP contribution in [0.2, 0.25) is 0 Å². The van der Waals surface area contributed by atoms with Crippen LogP contribution in [-0.4, -0.2) is 52.2 Å². The highest BCUT2D eigenvalue weighted by molar-refractivity contribution is 6.69. The van der Waals surface area contributed by atoms with E-state index in [1.807, 2.05) is 0 Å². The first-order chi connectivity index (χ1) is 23.3. The lowest BCUT2D eigenvalue weighted by atomic mass is 9.51. The Labute approximate surface area is 283 Å². The van der Waals surface area contributed by atoms with Gasteiger partial charge in [-0.2, -0.15) is 0 Å². The highest BCUT2D eigenvalue weighted by atomic mass is 16.5. The average Bonchev–Trinajstić information content (AvgIpc) is 3.15. The van der Waals surface area contributed by atoms with Gasteiger partial charge in [-0.3, -0.25) is 0 Å². The van der Waals surface area contributed by atoms with Crippen LogP contribution < -0.4 is 21.6 Å². The van der Waals surface area contributed by atoms with Crippen LogP contribution in [0.3, 0.4) is 0 Å². The summed E-state index contributed by atoms with van der Waals surface area (Å²) in [7, 11) is 0. The number of piperidine rings is 2. The molecule has 2 heterocycles. The fourth-order valence-corrected chi connectivity index (χ4v) is 7.11. The molecule has 4 atom stereocenters. The van der Waals surface area contributed by atoms with Gasteiger partial charge in [-0.15, -0.1) is 0 Å². The van der Waals surface area contributed by atoms with Gasteiger partial charge in [-0.1, -0.05) is 134 Å². The number of hydrogen-bond acceptors (Lipinski definition) is 5. The maximum absolute atomic E-state index is 7.46. The number of ether oxygens (including phenoxy) is 1. The molecule has 2 saturated heterocycles. The number of rotatable bonds is 16. The van der Waals surface area contributed by atoms with E-state index in [2.05, 4.69) is 132 Å². The van der Waals surface area contributed by atoms with Gasteiger partial charge in [0, 0.05) is 25.3 Å². The molecule has 244 valence electrons. The van der Waals surface area contributed by atoms with Gasteiger partial charge in [0.2, 0.25) is 0 Å². The second kappa shape index (κ2) is 18.4. The van der Waals surface area contributed by atoms with Crippen molar-refractivity contribution in [2.24, 2.45) is 0 Å². The molecule has 0 aromatic heterocycles. The Morgan fingerprint density at radius 3 is 1.26 bits per heavy atom. The molecule has 4 unspecified atom stereocenters. The van der Waals surface area contributed by atoms with Gasteiger partial charge >= 0.3 is 13.8 Å². The SMILES string of the molecule is c1ccc(B(OCCC2CCCCN2)C(OC(B(OCCC2CCCCN2)c2ccccc2)c2ccccc2)c2ccccc2)cc1. The zero-order valence-electron chi connectivity index (χ0n) is 27.7. The topological polar surface area (TPSA) is 51.8 Å². The summed E-state index contributed by atoms with van der Waals surface area (Å²) in [5.41, 5.74) is 4.42. The molecule has 0 radical (unpaired) electrons. The van der Waals surface area contributed by atoms with E-state index in [1.54, 1.807) is 0 Å². The molecular formula is C40H50B2N2O3. The van der Waals surface area contributed by atoms with Crippen molar-refractivity contribution < 1.29 is 14.0 Å². The van der Waals surface area contributed by atoms with Crippen LogP contribution in [0.25, 0.3) is 0 Å². The Balaban J connectivity index is 1.33. The van der Waals surface area contributed by atoms with Crippen molar-refractivity contribution in [2.45, 2.75) is 75.5 Å². The molecule has 6 rings (SSSR count). The lowest BCUT2D eigenvalue weighted by Crippen LogP contribution is -2.47. The van der Waals surface area contributed by atoms with Gasteiger partial charge in [0.05, 0.1) is 12.0 Å². The van der Waals surface area contributed by atoms with Crippen molar-refractivity contribution in [2.75, 3.05) is 26.3 Å². The zero-order chi connectivity index (χ0) is 31.9. The molecule has 2 aliphatic heterocycles. The molecule has 0 spiro atoms. The minimum absolute atomic E-state index is 0.295. The molecule has 2 aliphatic rings. The quantitative estimate of drug-likeness (QED) is 0.140. The van der Waals surface area contributed by atoms with Gasteiger partial charge < -0.3 is 24.7 Å². The van der Waals surface area contributed by atoms with Crippen LogP contribution in [0.4, 0.5) is 0 Å². The second-order valence-electron chi connectivity index (χ2n) is 13.1. The highest BCUT2D eigenvalue weighted by Gasteiger charge is 2.40. The van der Waals surface area contributed by atoms with Crippen LogP contribution in [0.1, 0.15) is 74.5 Å². The van der Waals surface area contributed by atoms with E-state index >= 15 is 0 Å². The normalized spacial score (nSPS) is 19.5. The third-order valence-electron chi connectivity index (χ3n) is 9.71. The van der Waals surface area contributed by atoms with Crippen molar-refractivity contribution in [3.05, 3.63) is 132 Å². The lowest BCUT2D eigenvalue weighted by Gasteiger charge is -2.33. The second-order valence-corrected chi connectivity index (χ2v) is 13.1. The minimum atomic E-state index is -0.363. The predicted molar refractivity (Wildman–Crippen MR) is 196 cm³/mol. The minimum Gasteiger partial charge on any atom is -0.429 e. The van der Waals surface area contributed by atoms with Gasteiger partial charge in [0.15, 0.2) is 0 Å². The molecule has 0 aliphatic carbocycles. The first kappa shape index (κ1) is 33.7. The molecule has 5 nitrogen and oxygen atoms in total. The Kier molecular flexibility index (Phi) is 13.2. The van der Waals surface area contributed by atoms with E-state index in [1.165, 1.54) is 38.5 Å². The van der Waals surface area contributed by atoms with Gasteiger partial charge in [0.25, 0.3) is 0 Å². The van der Waals surface area contributed by atoms with E-state index in [-0.39, 0.29) is 25.8 Å². The number of benzene rings is 4. The van der Waals surface area contributed by atoms with Crippen LogP contribution in [0.5, 0.6) is 0 Å². The van der Waals surface area contributed by atoms with E-state index < -0.39 is 0 Å². The third-order valence-corrected chi connectivity index (χ3v) is 9.71. The van der Waals surface area contributed by atoms with Gasteiger partial charge in [-0.05, 0) is 73.7 Å². The molecule has 4 aromatic rings. The van der Waals surface area contributed by atoms with Crippen molar-refractivity contribution in [1.29, 1.82) is 0 Å². The fraction of sp³-hybridized carbons (Fsp3) is 0.400. The molecule has 47 heavy (non-hydrogen) atoms. The first-order valence-corrected chi connectivity index (χ1v) is 17.9. The van der Waals surface area contributed by atoms with E-state index in [4.69, 9.17) is 14.0 Å².